The number of ether oxygens (including phenoxy) is 1. The first-order valence-corrected chi connectivity index (χ1v) is 7.99. The van der Waals surface area contributed by atoms with E-state index < -0.39 is 0 Å². The fourth-order valence-corrected chi connectivity index (χ4v) is 3.07. The van der Waals surface area contributed by atoms with Crippen LogP contribution in [0.5, 0.6) is 0 Å². The number of rotatable bonds is 3. The van der Waals surface area contributed by atoms with Crippen molar-refractivity contribution in [2.75, 3.05) is 50.8 Å². The maximum Gasteiger partial charge on any atom is 0.224 e. The van der Waals surface area contributed by atoms with Gasteiger partial charge >= 0.3 is 0 Å². The van der Waals surface area contributed by atoms with E-state index in [2.05, 4.69) is 28.2 Å². The lowest BCUT2D eigenvalue weighted by Gasteiger charge is -2.36. The van der Waals surface area contributed by atoms with E-state index in [1.54, 1.807) is 0 Å². The molecular weight excluding hydrogens is 280 g/mol. The largest absolute Gasteiger partial charge is 0.378 e. The molecule has 6 heteroatoms. The van der Waals surface area contributed by atoms with Gasteiger partial charge in [-0.25, -0.2) is 4.98 Å². The molecule has 1 aromatic heterocycles. The highest BCUT2D eigenvalue weighted by Crippen LogP contribution is 2.18. The topological polar surface area (TPSA) is 57.7 Å². The van der Waals surface area contributed by atoms with E-state index >= 15 is 0 Å². The summed E-state index contributed by atoms with van der Waals surface area (Å²) >= 11 is 0. The molecule has 0 aromatic carbocycles. The lowest BCUT2D eigenvalue weighted by molar-refractivity contribution is -0.132. The number of nitrogens with zero attached hydrogens (tertiary/aromatic N) is 3. The summed E-state index contributed by atoms with van der Waals surface area (Å²) in [4.78, 5) is 21.1. The van der Waals surface area contributed by atoms with Crippen LogP contribution in [0.1, 0.15) is 12.0 Å². The molecule has 2 saturated heterocycles. The van der Waals surface area contributed by atoms with Gasteiger partial charge in [0.25, 0.3) is 0 Å². The van der Waals surface area contributed by atoms with Gasteiger partial charge in [-0.1, -0.05) is 6.07 Å². The average molecular weight is 304 g/mol. The Bertz CT molecular complexity index is 509. The highest BCUT2D eigenvalue weighted by Gasteiger charge is 2.25. The average Bonchev–Trinajstić information content (AvgIpc) is 2.56. The normalized spacial score (nSPS) is 22.7. The number of carbonyl (C=O) groups excluding carboxylic acids is 1. The van der Waals surface area contributed by atoms with Gasteiger partial charge in [0.1, 0.15) is 5.82 Å². The second kappa shape index (κ2) is 7.07. The summed E-state index contributed by atoms with van der Waals surface area (Å²) in [5.41, 5.74) is 1.19. The van der Waals surface area contributed by atoms with E-state index in [0.29, 0.717) is 13.0 Å². The van der Waals surface area contributed by atoms with E-state index in [1.165, 1.54) is 5.56 Å². The summed E-state index contributed by atoms with van der Waals surface area (Å²) in [6, 6.07) is 4.20. The van der Waals surface area contributed by atoms with Gasteiger partial charge in [-0.2, -0.15) is 0 Å². The third-order valence-corrected chi connectivity index (χ3v) is 4.33. The van der Waals surface area contributed by atoms with Gasteiger partial charge < -0.3 is 19.9 Å². The molecule has 22 heavy (non-hydrogen) atoms. The monoisotopic (exact) mass is 304 g/mol. The van der Waals surface area contributed by atoms with Gasteiger partial charge in [-0.15, -0.1) is 0 Å². The third-order valence-electron chi connectivity index (χ3n) is 4.33. The van der Waals surface area contributed by atoms with Crippen LogP contribution in [-0.4, -0.2) is 67.8 Å². The smallest absolute Gasteiger partial charge is 0.224 e. The number of piperazine rings is 1. The summed E-state index contributed by atoms with van der Waals surface area (Å²) in [5, 5.41) is 3.34. The van der Waals surface area contributed by atoms with Crippen LogP contribution in [0.3, 0.4) is 0 Å². The molecule has 1 amide bonds. The van der Waals surface area contributed by atoms with Crippen LogP contribution in [0.2, 0.25) is 0 Å². The second-order valence-electron chi connectivity index (χ2n) is 5.94. The molecule has 0 radical (unpaired) electrons. The number of amides is 1. The number of carbonyl (C=O) groups is 1. The number of pyridine rings is 1. The van der Waals surface area contributed by atoms with Gasteiger partial charge in [-0.05, 0) is 18.6 Å². The SMILES string of the molecule is Cc1cccnc1N1CCN(C(=O)C[C@@H]2COCCN2)CC1. The highest BCUT2D eigenvalue weighted by atomic mass is 16.5. The Kier molecular flexibility index (Phi) is 4.90. The van der Waals surface area contributed by atoms with Crippen LogP contribution in [0, 0.1) is 6.92 Å². The Balaban J connectivity index is 1.51. The van der Waals surface area contributed by atoms with Crippen molar-refractivity contribution in [2.45, 2.75) is 19.4 Å². The van der Waals surface area contributed by atoms with Crippen LogP contribution in [0.25, 0.3) is 0 Å². The zero-order valence-corrected chi connectivity index (χ0v) is 13.1. The molecule has 1 N–H and O–H groups in total. The van der Waals surface area contributed by atoms with Crippen molar-refractivity contribution in [3.63, 3.8) is 0 Å². The van der Waals surface area contributed by atoms with Crippen molar-refractivity contribution in [1.82, 2.24) is 15.2 Å². The van der Waals surface area contributed by atoms with Gasteiger partial charge in [0.2, 0.25) is 5.91 Å². The minimum atomic E-state index is 0.164. The summed E-state index contributed by atoms with van der Waals surface area (Å²) in [6.07, 6.45) is 2.36. The fourth-order valence-electron chi connectivity index (χ4n) is 3.07. The number of hydrogen-bond donors (Lipinski definition) is 1. The van der Waals surface area contributed by atoms with E-state index in [4.69, 9.17) is 4.74 Å². The molecule has 3 rings (SSSR count). The Morgan fingerprint density at radius 2 is 2.23 bits per heavy atom. The second-order valence-corrected chi connectivity index (χ2v) is 5.94. The zero-order chi connectivity index (χ0) is 15.4. The summed E-state index contributed by atoms with van der Waals surface area (Å²) in [7, 11) is 0. The summed E-state index contributed by atoms with van der Waals surface area (Å²) < 4.78 is 5.41. The first-order valence-electron chi connectivity index (χ1n) is 7.99. The lowest BCUT2D eigenvalue weighted by atomic mass is 10.1. The zero-order valence-electron chi connectivity index (χ0n) is 13.1. The number of nitrogens with one attached hydrogen (secondary N) is 1. The fraction of sp³-hybridized carbons (Fsp3) is 0.625. The number of hydrogen-bond acceptors (Lipinski definition) is 5. The Hall–Kier alpha value is -1.66. The maximum absolute atomic E-state index is 12.4. The minimum absolute atomic E-state index is 0.164. The van der Waals surface area contributed by atoms with Crippen molar-refractivity contribution in [1.29, 1.82) is 0 Å². The lowest BCUT2D eigenvalue weighted by Crippen LogP contribution is -2.51. The molecule has 0 bridgehead atoms. The third kappa shape index (κ3) is 3.56. The summed E-state index contributed by atoms with van der Waals surface area (Å²) in [5.74, 6) is 1.26. The minimum Gasteiger partial charge on any atom is -0.378 e. The first-order chi connectivity index (χ1) is 10.7. The molecular formula is C16H24N4O2. The van der Waals surface area contributed by atoms with Crippen molar-refractivity contribution in [3.05, 3.63) is 23.9 Å². The quantitative estimate of drug-likeness (QED) is 0.877. The van der Waals surface area contributed by atoms with E-state index in [9.17, 15) is 4.79 Å². The molecule has 1 aromatic rings. The van der Waals surface area contributed by atoms with Gasteiger partial charge in [0.05, 0.1) is 13.2 Å². The van der Waals surface area contributed by atoms with Crippen molar-refractivity contribution in [3.8, 4) is 0 Å². The van der Waals surface area contributed by atoms with Crippen molar-refractivity contribution < 1.29 is 9.53 Å². The number of morpholine rings is 1. The molecule has 0 saturated carbocycles. The Morgan fingerprint density at radius 1 is 1.41 bits per heavy atom. The molecule has 2 aliphatic rings. The molecule has 0 unspecified atom stereocenters. The molecule has 0 aliphatic carbocycles. The van der Waals surface area contributed by atoms with Crippen molar-refractivity contribution >= 4 is 11.7 Å². The highest BCUT2D eigenvalue weighted by molar-refractivity contribution is 5.77. The molecule has 2 aliphatic heterocycles. The number of anilines is 1. The van der Waals surface area contributed by atoms with Crippen LogP contribution in [0.4, 0.5) is 5.82 Å². The molecule has 120 valence electrons. The Labute approximate surface area is 131 Å². The van der Waals surface area contributed by atoms with E-state index in [-0.39, 0.29) is 11.9 Å². The van der Waals surface area contributed by atoms with Crippen LogP contribution < -0.4 is 10.2 Å². The van der Waals surface area contributed by atoms with Gasteiger partial charge in [0.15, 0.2) is 0 Å². The Morgan fingerprint density at radius 3 is 2.91 bits per heavy atom. The standard InChI is InChI=1S/C16H24N4O2/c1-13-3-2-4-18-16(13)20-8-6-19(7-9-20)15(21)11-14-12-22-10-5-17-14/h2-4,14,17H,5-12H2,1H3/t14-/m1/s1. The molecule has 3 heterocycles. The van der Waals surface area contributed by atoms with E-state index in [0.717, 1.165) is 45.1 Å². The number of aromatic nitrogens is 1. The first kappa shape index (κ1) is 15.2. The molecule has 2 fully saturated rings. The molecule has 0 spiro atoms. The maximum atomic E-state index is 12.4. The van der Waals surface area contributed by atoms with Crippen LogP contribution in [0.15, 0.2) is 18.3 Å². The van der Waals surface area contributed by atoms with Crippen molar-refractivity contribution in [2.24, 2.45) is 0 Å². The van der Waals surface area contributed by atoms with Gasteiger partial charge in [0, 0.05) is 51.4 Å². The summed E-state index contributed by atoms with van der Waals surface area (Å²) in [6.45, 7) is 7.52. The number of aryl methyl sites for hydroxylation is 1. The van der Waals surface area contributed by atoms with Crippen LogP contribution in [-0.2, 0) is 9.53 Å². The van der Waals surface area contributed by atoms with Crippen LogP contribution >= 0.6 is 0 Å². The predicted molar refractivity (Wildman–Crippen MR) is 85.0 cm³/mol. The van der Waals surface area contributed by atoms with E-state index in [1.807, 2.05) is 17.2 Å². The molecule has 1 atom stereocenters. The predicted octanol–water partition coefficient (Wildman–Crippen LogP) is 0.417. The molecule has 6 nitrogen and oxygen atoms in total. The van der Waals surface area contributed by atoms with Gasteiger partial charge in [-0.3, -0.25) is 4.79 Å².